The average Bonchev–Trinajstić information content (AvgIpc) is 2.78. The standard InChI is InChI=1S/C11H12N2O4/c1-7-2-4-13(5-3-7)10(14)8-6-9(11(15)16)17-12-8/h2,6H,3-5H2,1H3,(H,15,16). The number of carboxylic acids is 1. The number of amides is 1. The Morgan fingerprint density at radius 1 is 1.53 bits per heavy atom. The SMILES string of the molecule is CC1=CCN(C(=O)c2cc(C(=O)O)on2)CC1. The lowest BCUT2D eigenvalue weighted by Crippen LogP contribution is -2.34. The number of carboxylic acid groups (broad SMARTS) is 1. The molecule has 0 unspecified atom stereocenters. The first-order chi connectivity index (χ1) is 8.08. The Bertz CT molecular complexity index is 489. The molecule has 0 saturated heterocycles. The van der Waals surface area contributed by atoms with Crippen molar-refractivity contribution in [3.05, 3.63) is 29.2 Å². The van der Waals surface area contributed by atoms with Crippen molar-refractivity contribution < 1.29 is 19.2 Å². The van der Waals surface area contributed by atoms with Crippen molar-refractivity contribution in [2.24, 2.45) is 0 Å². The molecule has 0 fully saturated rings. The summed E-state index contributed by atoms with van der Waals surface area (Å²) in [6.07, 6.45) is 2.80. The zero-order valence-corrected chi connectivity index (χ0v) is 9.34. The van der Waals surface area contributed by atoms with E-state index in [2.05, 4.69) is 9.68 Å². The van der Waals surface area contributed by atoms with E-state index in [-0.39, 0.29) is 17.4 Å². The van der Waals surface area contributed by atoms with E-state index in [1.807, 2.05) is 13.0 Å². The summed E-state index contributed by atoms with van der Waals surface area (Å²) in [5.41, 5.74) is 1.29. The molecule has 90 valence electrons. The van der Waals surface area contributed by atoms with Crippen LogP contribution in [0.4, 0.5) is 0 Å². The van der Waals surface area contributed by atoms with Crippen molar-refractivity contribution in [3.63, 3.8) is 0 Å². The summed E-state index contributed by atoms with van der Waals surface area (Å²) in [6, 6.07) is 1.15. The normalized spacial score (nSPS) is 15.6. The molecule has 0 saturated carbocycles. The number of nitrogens with zero attached hydrogens (tertiary/aromatic N) is 2. The van der Waals surface area contributed by atoms with Gasteiger partial charge in [0.2, 0.25) is 5.76 Å². The van der Waals surface area contributed by atoms with Gasteiger partial charge in [-0.05, 0) is 13.3 Å². The minimum Gasteiger partial charge on any atom is -0.475 e. The fourth-order valence-electron chi connectivity index (χ4n) is 1.59. The second-order valence-corrected chi connectivity index (χ2v) is 3.93. The molecule has 1 amide bonds. The van der Waals surface area contributed by atoms with Gasteiger partial charge in [0.15, 0.2) is 5.69 Å². The fourth-order valence-corrected chi connectivity index (χ4v) is 1.59. The van der Waals surface area contributed by atoms with Crippen LogP contribution in [-0.2, 0) is 0 Å². The van der Waals surface area contributed by atoms with Gasteiger partial charge in [-0.2, -0.15) is 0 Å². The predicted octanol–water partition coefficient (Wildman–Crippen LogP) is 1.17. The van der Waals surface area contributed by atoms with Gasteiger partial charge in [0.1, 0.15) is 0 Å². The van der Waals surface area contributed by atoms with Gasteiger partial charge in [0, 0.05) is 19.2 Å². The molecule has 0 aliphatic carbocycles. The number of carbonyl (C=O) groups excluding carboxylic acids is 1. The highest BCUT2D eigenvalue weighted by Gasteiger charge is 2.22. The maximum atomic E-state index is 11.9. The lowest BCUT2D eigenvalue weighted by Gasteiger charge is -2.24. The summed E-state index contributed by atoms with van der Waals surface area (Å²) in [6.45, 7) is 3.16. The van der Waals surface area contributed by atoms with Crippen LogP contribution in [-0.4, -0.2) is 40.1 Å². The largest absolute Gasteiger partial charge is 0.475 e. The molecule has 1 aromatic heterocycles. The van der Waals surface area contributed by atoms with Crippen LogP contribution in [0.3, 0.4) is 0 Å². The lowest BCUT2D eigenvalue weighted by atomic mass is 10.1. The van der Waals surface area contributed by atoms with Crippen LogP contribution in [0, 0.1) is 0 Å². The monoisotopic (exact) mass is 236 g/mol. The molecule has 0 atom stereocenters. The van der Waals surface area contributed by atoms with Crippen LogP contribution in [0.1, 0.15) is 34.4 Å². The van der Waals surface area contributed by atoms with Gasteiger partial charge in [-0.3, -0.25) is 4.79 Å². The minimum absolute atomic E-state index is 0.0374. The molecule has 1 aliphatic rings. The van der Waals surface area contributed by atoms with Gasteiger partial charge in [-0.25, -0.2) is 4.79 Å². The van der Waals surface area contributed by atoms with E-state index in [0.29, 0.717) is 13.1 Å². The van der Waals surface area contributed by atoms with E-state index in [9.17, 15) is 9.59 Å². The number of rotatable bonds is 2. The number of hydrogen-bond donors (Lipinski definition) is 1. The van der Waals surface area contributed by atoms with Crippen molar-refractivity contribution in [1.29, 1.82) is 0 Å². The first kappa shape index (κ1) is 11.4. The molecular weight excluding hydrogens is 224 g/mol. The summed E-state index contributed by atoms with van der Waals surface area (Å²) in [4.78, 5) is 24.1. The Balaban J connectivity index is 2.12. The maximum Gasteiger partial charge on any atom is 0.374 e. The van der Waals surface area contributed by atoms with Crippen LogP contribution in [0.15, 0.2) is 22.2 Å². The van der Waals surface area contributed by atoms with Crippen LogP contribution >= 0.6 is 0 Å². The van der Waals surface area contributed by atoms with Crippen molar-refractivity contribution in [3.8, 4) is 0 Å². The van der Waals surface area contributed by atoms with Crippen LogP contribution in [0.2, 0.25) is 0 Å². The van der Waals surface area contributed by atoms with Crippen LogP contribution in [0.25, 0.3) is 0 Å². The summed E-state index contributed by atoms with van der Waals surface area (Å²) < 4.78 is 4.55. The quantitative estimate of drug-likeness (QED) is 0.779. The third-order valence-corrected chi connectivity index (χ3v) is 2.66. The molecule has 2 rings (SSSR count). The lowest BCUT2D eigenvalue weighted by molar-refractivity contribution is 0.0649. The molecule has 2 heterocycles. The number of carbonyl (C=O) groups is 2. The van der Waals surface area contributed by atoms with Crippen molar-refractivity contribution in [2.75, 3.05) is 13.1 Å². The second kappa shape index (κ2) is 4.40. The van der Waals surface area contributed by atoms with Gasteiger partial charge in [-0.15, -0.1) is 0 Å². The molecule has 0 spiro atoms. The zero-order chi connectivity index (χ0) is 12.4. The highest BCUT2D eigenvalue weighted by atomic mass is 16.5. The van der Waals surface area contributed by atoms with Gasteiger partial charge < -0.3 is 14.5 Å². The number of aromatic carboxylic acids is 1. The third kappa shape index (κ3) is 2.35. The van der Waals surface area contributed by atoms with Crippen LogP contribution in [0.5, 0.6) is 0 Å². The summed E-state index contributed by atoms with van der Waals surface area (Å²) in [7, 11) is 0. The summed E-state index contributed by atoms with van der Waals surface area (Å²) >= 11 is 0. The molecule has 1 aliphatic heterocycles. The number of hydrogen-bond acceptors (Lipinski definition) is 4. The molecule has 1 aromatic rings. The molecule has 1 N–H and O–H groups in total. The molecule has 6 nitrogen and oxygen atoms in total. The van der Waals surface area contributed by atoms with E-state index in [0.717, 1.165) is 12.5 Å². The van der Waals surface area contributed by atoms with Gasteiger partial charge >= 0.3 is 5.97 Å². The summed E-state index contributed by atoms with van der Waals surface area (Å²) in [5, 5.41) is 12.1. The molecule has 6 heteroatoms. The first-order valence-corrected chi connectivity index (χ1v) is 5.23. The molecule has 0 aromatic carbocycles. The molecule has 0 bridgehead atoms. The van der Waals surface area contributed by atoms with Crippen LogP contribution < -0.4 is 0 Å². The fraction of sp³-hybridized carbons (Fsp3) is 0.364. The highest BCUT2D eigenvalue weighted by molar-refractivity contribution is 5.95. The molecular formula is C11H12N2O4. The van der Waals surface area contributed by atoms with E-state index in [1.165, 1.54) is 5.57 Å². The zero-order valence-electron chi connectivity index (χ0n) is 9.34. The van der Waals surface area contributed by atoms with Gasteiger partial charge in [-0.1, -0.05) is 16.8 Å². The first-order valence-electron chi connectivity index (χ1n) is 5.23. The minimum atomic E-state index is -1.23. The van der Waals surface area contributed by atoms with E-state index < -0.39 is 5.97 Å². The second-order valence-electron chi connectivity index (χ2n) is 3.93. The Morgan fingerprint density at radius 2 is 2.29 bits per heavy atom. The average molecular weight is 236 g/mol. The molecule has 0 radical (unpaired) electrons. The summed E-state index contributed by atoms with van der Waals surface area (Å²) in [5.74, 6) is -1.85. The maximum absolute atomic E-state index is 11.9. The van der Waals surface area contributed by atoms with E-state index in [1.54, 1.807) is 4.90 Å². The Morgan fingerprint density at radius 3 is 2.82 bits per heavy atom. The Labute approximate surface area is 97.5 Å². The van der Waals surface area contributed by atoms with Crippen molar-refractivity contribution >= 4 is 11.9 Å². The Kier molecular flexibility index (Phi) is 2.95. The van der Waals surface area contributed by atoms with Gasteiger partial charge in [0.05, 0.1) is 0 Å². The smallest absolute Gasteiger partial charge is 0.374 e. The highest BCUT2D eigenvalue weighted by Crippen LogP contribution is 2.13. The van der Waals surface area contributed by atoms with E-state index in [4.69, 9.17) is 5.11 Å². The molecule has 17 heavy (non-hydrogen) atoms. The Hall–Kier alpha value is -2.11. The van der Waals surface area contributed by atoms with Gasteiger partial charge in [0.25, 0.3) is 5.91 Å². The van der Waals surface area contributed by atoms with Crippen molar-refractivity contribution in [2.45, 2.75) is 13.3 Å². The number of aromatic nitrogens is 1. The predicted molar refractivity (Wildman–Crippen MR) is 57.7 cm³/mol. The topological polar surface area (TPSA) is 83.6 Å². The van der Waals surface area contributed by atoms with Crippen molar-refractivity contribution in [1.82, 2.24) is 10.1 Å². The third-order valence-electron chi connectivity index (χ3n) is 2.66. The van der Waals surface area contributed by atoms with E-state index >= 15 is 0 Å².